The second kappa shape index (κ2) is 8.26. The smallest absolute Gasteiger partial charge is 0.254 e. The number of rotatable bonds is 4. The predicted octanol–water partition coefficient (Wildman–Crippen LogP) is 1.22. The van der Waals surface area contributed by atoms with Gasteiger partial charge in [-0.3, -0.25) is 4.79 Å². The fraction of sp³-hybridized carbons (Fsp3) is 0.632. The zero-order valence-electron chi connectivity index (χ0n) is 16.1. The monoisotopic (exact) mass is 395 g/mol. The molecule has 1 aromatic carbocycles. The van der Waals surface area contributed by atoms with Crippen molar-refractivity contribution < 1.29 is 17.9 Å². The Labute approximate surface area is 161 Å². The Balaban J connectivity index is 1.89. The molecule has 0 radical (unpaired) electrons. The summed E-state index contributed by atoms with van der Waals surface area (Å²) in [7, 11) is -3.65. The predicted molar refractivity (Wildman–Crippen MR) is 103 cm³/mol. The van der Waals surface area contributed by atoms with E-state index in [2.05, 4.69) is 6.92 Å². The van der Waals surface area contributed by atoms with Crippen molar-refractivity contribution >= 4 is 15.9 Å². The molecular formula is C19H29N3O4S. The minimum Gasteiger partial charge on any atom is -0.379 e. The molecule has 0 bridgehead atoms. The summed E-state index contributed by atoms with van der Waals surface area (Å²) in [6.45, 7) is 6.44. The second-order valence-corrected chi connectivity index (χ2v) is 9.42. The van der Waals surface area contributed by atoms with Gasteiger partial charge in [-0.2, -0.15) is 4.31 Å². The van der Waals surface area contributed by atoms with E-state index in [1.54, 1.807) is 24.0 Å². The number of hydrogen-bond donors (Lipinski definition) is 1. The number of nitrogens with two attached hydrogens (primary N) is 1. The molecule has 0 spiro atoms. The van der Waals surface area contributed by atoms with E-state index in [0.29, 0.717) is 56.4 Å². The van der Waals surface area contributed by atoms with E-state index >= 15 is 0 Å². The van der Waals surface area contributed by atoms with Crippen molar-refractivity contribution in [3.8, 4) is 0 Å². The SMILES string of the molecule is Cc1ccc(C(=O)N2CCC(C)CC2CN)cc1S(=O)(=O)N1CCOCC1. The molecule has 0 saturated carbocycles. The third kappa shape index (κ3) is 4.18. The maximum Gasteiger partial charge on any atom is 0.254 e. The van der Waals surface area contributed by atoms with Gasteiger partial charge in [0, 0.05) is 37.8 Å². The van der Waals surface area contributed by atoms with Crippen molar-refractivity contribution in [1.29, 1.82) is 0 Å². The highest BCUT2D eigenvalue weighted by Gasteiger charge is 2.32. The lowest BCUT2D eigenvalue weighted by atomic mass is 9.92. The lowest BCUT2D eigenvalue weighted by Gasteiger charge is -2.38. The number of likely N-dealkylation sites (tertiary alicyclic amines) is 1. The topological polar surface area (TPSA) is 92.9 Å². The minimum atomic E-state index is -3.65. The maximum absolute atomic E-state index is 13.1. The van der Waals surface area contributed by atoms with Crippen molar-refractivity contribution in [1.82, 2.24) is 9.21 Å². The van der Waals surface area contributed by atoms with Gasteiger partial charge in [0.2, 0.25) is 10.0 Å². The van der Waals surface area contributed by atoms with Crippen molar-refractivity contribution in [2.45, 2.75) is 37.6 Å². The van der Waals surface area contributed by atoms with Crippen LogP contribution in [0.4, 0.5) is 0 Å². The van der Waals surface area contributed by atoms with Crippen LogP contribution in [0.25, 0.3) is 0 Å². The Morgan fingerprint density at radius 1 is 1.26 bits per heavy atom. The van der Waals surface area contributed by atoms with E-state index in [-0.39, 0.29) is 16.8 Å². The van der Waals surface area contributed by atoms with Crippen LogP contribution in [-0.2, 0) is 14.8 Å². The first kappa shape index (κ1) is 20.3. The maximum atomic E-state index is 13.1. The van der Waals surface area contributed by atoms with E-state index in [4.69, 9.17) is 10.5 Å². The molecule has 1 amide bonds. The molecule has 2 heterocycles. The van der Waals surface area contributed by atoms with Gasteiger partial charge in [-0.25, -0.2) is 8.42 Å². The van der Waals surface area contributed by atoms with Gasteiger partial charge in [0.05, 0.1) is 18.1 Å². The molecule has 2 unspecified atom stereocenters. The lowest BCUT2D eigenvalue weighted by molar-refractivity contribution is 0.0573. The Morgan fingerprint density at radius 2 is 1.96 bits per heavy atom. The number of carbonyl (C=O) groups is 1. The quantitative estimate of drug-likeness (QED) is 0.827. The minimum absolute atomic E-state index is 0.00172. The molecule has 2 N–H and O–H groups in total. The van der Waals surface area contributed by atoms with Gasteiger partial charge in [0.25, 0.3) is 5.91 Å². The number of hydrogen-bond acceptors (Lipinski definition) is 5. The number of benzene rings is 1. The summed E-state index contributed by atoms with van der Waals surface area (Å²) in [5.41, 5.74) is 6.93. The number of ether oxygens (including phenoxy) is 1. The molecule has 2 aliphatic heterocycles. The average Bonchev–Trinajstić information content (AvgIpc) is 2.68. The molecule has 27 heavy (non-hydrogen) atoms. The highest BCUT2D eigenvalue weighted by molar-refractivity contribution is 7.89. The number of piperidine rings is 1. The van der Waals surface area contributed by atoms with Gasteiger partial charge in [0.1, 0.15) is 0 Å². The Hall–Kier alpha value is -1.48. The van der Waals surface area contributed by atoms with Gasteiger partial charge in [-0.05, 0) is 43.4 Å². The van der Waals surface area contributed by atoms with Gasteiger partial charge in [-0.1, -0.05) is 13.0 Å². The number of morpholine rings is 1. The molecule has 0 aromatic heterocycles. The summed E-state index contributed by atoms with van der Waals surface area (Å²) in [6.07, 6.45) is 1.82. The molecule has 2 fully saturated rings. The van der Waals surface area contributed by atoms with Crippen molar-refractivity contribution in [3.05, 3.63) is 29.3 Å². The van der Waals surface area contributed by atoms with Crippen LogP contribution in [0.3, 0.4) is 0 Å². The van der Waals surface area contributed by atoms with Gasteiger partial charge >= 0.3 is 0 Å². The van der Waals surface area contributed by atoms with Crippen LogP contribution in [0.1, 0.15) is 35.7 Å². The molecule has 150 valence electrons. The highest BCUT2D eigenvalue weighted by atomic mass is 32.2. The molecule has 2 atom stereocenters. The van der Waals surface area contributed by atoms with Crippen molar-refractivity contribution in [2.24, 2.45) is 11.7 Å². The number of sulfonamides is 1. The zero-order chi connectivity index (χ0) is 19.6. The third-order valence-electron chi connectivity index (χ3n) is 5.53. The normalized spacial score (nSPS) is 24.8. The number of carbonyl (C=O) groups excluding carboxylic acids is 1. The van der Waals surface area contributed by atoms with Crippen LogP contribution < -0.4 is 5.73 Å². The Bertz CT molecular complexity index is 790. The second-order valence-electron chi connectivity index (χ2n) is 7.51. The lowest BCUT2D eigenvalue weighted by Crippen LogP contribution is -2.49. The molecule has 8 heteroatoms. The summed E-state index contributed by atoms with van der Waals surface area (Å²) in [5.74, 6) is 0.397. The van der Waals surface area contributed by atoms with Crippen LogP contribution in [0.5, 0.6) is 0 Å². The van der Waals surface area contributed by atoms with E-state index < -0.39 is 10.0 Å². The zero-order valence-corrected chi connectivity index (χ0v) is 16.9. The van der Waals surface area contributed by atoms with Crippen LogP contribution >= 0.6 is 0 Å². The van der Waals surface area contributed by atoms with Gasteiger partial charge in [-0.15, -0.1) is 0 Å². The number of amides is 1. The van der Waals surface area contributed by atoms with Crippen molar-refractivity contribution in [3.63, 3.8) is 0 Å². The standard InChI is InChI=1S/C19H29N3O4S/c1-14-5-6-22(17(11-14)13-20)19(23)16-4-3-15(2)18(12-16)27(24,25)21-7-9-26-10-8-21/h3-4,12,14,17H,5-11,13,20H2,1-2H3. The number of nitrogens with zero attached hydrogens (tertiary/aromatic N) is 2. The van der Waals surface area contributed by atoms with E-state index in [1.165, 1.54) is 10.4 Å². The first-order valence-corrected chi connectivity index (χ1v) is 11.0. The van der Waals surface area contributed by atoms with Crippen LogP contribution in [-0.4, -0.2) is 69.0 Å². The van der Waals surface area contributed by atoms with Crippen molar-refractivity contribution in [2.75, 3.05) is 39.4 Å². The Kier molecular flexibility index (Phi) is 6.20. The summed E-state index contributed by atoms with van der Waals surface area (Å²) in [6, 6.07) is 4.95. The fourth-order valence-electron chi connectivity index (χ4n) is 3.85. The fourth-order valence-corrected chi connectivity index (χ4v) is 5.50. The molecule has 1 aromatic rings. The molecule has 3 rings (SSSR count). The number of aryl methyl sites for hydroxylation is 1. The summed E-state index contributed by atoms with van der Waals surface area (Å²) in [5, 5.41) is 0. The largest absolute Gasteiger partial charge is 0.379 e. The van der Waals surface area contributed by atoms with E-state index in [0.717, 1.165) is 12.8 Å². The van der Waals surface area contributed by atoms with E-state index in [1.807, 2.05) is 0 Å². The van der Waals surface area contributed by atoms with Gasteiger partial charge in [0.15, 0.2) is 0 Å². The molecule has 2 aliphatic rings. The van der Waals surface area contributed by atoms with E-state index in [9.17, 15) is 13.2 Å². The Morgan fingerprint density at radius 3 is 2.63 bits per heavy atom. The first-order chi connectivity index (χ1) is 12.8. The van der Waals surface area contributed by atoms with Gasteiger partial charge < -0.3 is 15.4 Å². The summed E-state index contributed by atoms with van der Waals surface area (Å²) >= 11 is 0. The molecule has 7 nitrogen and oxygen atoms in total. The molecular weight excluding hydrogens is 366 g/mol. The third-order valence-corrected chi connectivity index (χ3v) is 7.57. The van der Waals surface area contributed by atoms with Crippen LogP contribution in [0, 0.1) is 12.8 Å². The highest BCUT2D eigenvalue weighted by Crippen LogP contribution is 2.26. The van der Waals surface area contributed by atoms with Crippen LogP contribution in [0.2, 0.25) is 0 Å². The summed E-state index contributed by atoms with van der Waals surface area (Å²) < 4.78 is 32.8. The van der Waals surface area contributed by atoms with Crippen LogP contribution in [0.15, 0.2) is 23.1 Å². The first-order valence-electron chi connectivity index (χ1n) is 9.54. The average molecular weight is 396 g/mol. The molecule has 2 saturated heterocycles. The summed E-state index contributed by atoms with van der Waals surface area (Å²) in [4.78, 5) is 15.1. The molecule has 0 aliphatic carbocycles.